The van der Waals surface area contributed by atoms with E-state index in [1.807, 2.05) is 48.5 Å². The zero-order valence-corrected chi connectivity index (χ0v) is 17.6. The molecule has 158 valence electrons. The van der Waals surface area contributed by atoms with Crippen molar-refractivity contribution in [2.75, 3.05) is 0 Å². The lowest BCUT2D eigenvalue weighted by molar-refractivity contribution is -0.952. The van der Waals surface area contributed by atoms with E-state index in [1.54, 1.807) is 0 Å². The Labute approximate surface area is 175 Å². The van der Waals surface area contributed by atoms with Crippen LogP contribution < -0.4 is 5.20 Å². The molecule has 3 heterocycles. The highest BCUT2D eigenvalue weighted by Gasteiger charge is 2.88. The molecule has 0 radical (unpaired) electrons. The highest BCUT2D eigenvalue weighted by Crippen LogP contribution is 2.75. The number of nitrogens with zero attached hydrogens (tertiary/aromatic N) is 3. The van der Waals surface area contributed by atoms with Crippen molar-refractivity contribution in [3.63, 3.8) is 0 Å². The smallest absolute Gasteiger partial charge is 0.312 e. The average Bonchev–Trinajstić information content (AvgIpc) is 3.14. The first kappa shape index (κ1) is 18.6. The summed E-state index contributed by atoms with van der Waals surface area (Å²) in [5, 5.41) is 6.97. The molecule has 10 nitrogen and oxygen atoms in total. The summed E-state index contributed by atoms with van der Waals surface area (Å²) in [6.45, 7) is 0. The minimum atomic E-state index is -4.94. The van der Waals surface area contributed by atoms with Crippen molar-refractivity contribution < 1.29 is 33.1 Å². The predicted octanol–water partition coefficient (Wildman–Crippen LogP) is 2.03. The molecule has 2 fully saturated rings. The number of nitrogens with one attached hydrogen (secondary N) is 1. The van der Waals surface area contributed by atoms with Gasteiger partial charge in [-0.1, -0.05) is 52.9 Å². The molecule has 5 atom stereocenters. The Morgan fingerprint density at radius 1 is 0.871 bits per heavy atom. The topological polar surface area (TPSA) is 143 Å². The Balaban J connectivity index is 1.66. The molecule has 6 bridgehead atoms. The van der Waals surface area contributed by atoms with Crippen molar-refractivity contribution in [1.29, 1.82) is 0 Å². The van der Waals surface area contributed by atoms with E-state index in [2.05, 4.69) is 10.2 Å². The predicted molar refractivity (Wildman–Crippen MR) is 111 cm³/mol. The number of hydrogen-bond donors (Lipinski definition) is 5. The van der Waals surface area contributed by atoms with Crippen LogP contribution in [0, 0.1) is 0 Å². The van der Waals surface area contributed by atoms with Crippen LogP contribution in [0.5, 0.6) is 0 Å². The second-order valence-corrected chi connectivity index (χ2v) is 11.4. The molecule has 2 aliphatic carbocycles. The third kappa shape index (κ3) is 1.90. The summed E-state index contributed by atoms with van der Waals surface area (Å²) in [5.74, 6) is -0.0869. The Bertz CT molecular complexity index is 1420. The Morgan fingerprint density at radius 2 is 1.39 bits per heavy atom. The molecule has 8 rings (SSSR count). The number of amidine groups is 1. The molecular weight excluding hydrogens is 442 g/mol. The number of aliphatic imine (C=N–C) groups is 1. The molecular formula is C19H17N4O6P2+. The number of hydrazine groups is 1. The van der Waals surface area contributed by atoms with Gasteiger partial charge in [0.1, 0.15) is 12.0 Å². The zero-order valence-electron chi connectivity index (χ0n) is 15.8. The molecule has 12 heteroatoms. The molecule has 2 saturated heterocycles. The molecule has 0 saturated carbocycles. The summed E-state index contributed by atoms with van der Waals surface area (Å²) >= 11 is 0. The van der Waals surface area contributed by atoms with E-state index in [-0.39, 0.29) is 17.8 Å². The first-order chi connectivity index (χ1) is 14.7. The van der Waals surface area contributed by atoms with Crippen LogP contribution >= 0.6 is 15.5 Å². The molecule has 3 aromatic rings. The SMILES string of the molecule is O=P(O)(O)NN1C2c3c4ccccc4c(c4ccccc34)C3C4=NC3C2[N+]41P(=O)(O)O. The summed E-state index contributed by atoms with van der Waals surface area (Å²) in [6, 6.07) is 13.9. The fraction of sp³-hybridized carbons (Fsp3) is 0.211. The number of quaternary nitrogens is 1. The van der Waals surface area contributed by atoms with Gasteiger partial charge in [-0.25, -0.2) is 9.56 Å². The summed E-state index contributed by atoms with van der Waals surface area (Å²) in [4.78, 5) is 45.0. The van der Waals surface area contributed by atoms with Gasteiger partial charge >= 0.3 is 15.5 Å². The van der Waals surface area contributed by atoms with Crippen LogP contribution in [0.1, 0.15) is 23.1 Å². The lowest BCUT2D eigenvalue weighted by Crippen LogP contribution is -2.78. The normalized spacial score (nSPS) is 33.1. The Kier molecular flexibility index (Phi) is 3.19. The molecule has 5 N–H and O–H groups in total. The van der Waals surface area contributed by atoms with Gasteiger partial charge in [0.2, 0.25) is 5.84 Å². The molecule has 0 aromatic heterocycles. The van der Waals surface area contributed by atoms with Crippen molar-refractivity contribution in [2.45, 2.75) is 24.0 Å². The van der Waals surface area contributed by atoms with Gasteiger partial charge in [0, 0.05) is 0 Å². The monoisotopic (exact) mass is 459 g/mol. The number of fused-ring (bicyclic) bond motifs is 1. The van der Waals surface area contributed by atoms with Crippen molar-refractivity contribution in [3.8, 4) is 0 Å². The fourth-order valence-corrected chi connectivity index (χ4v) is 8.41. The van der Waals surface area contributed by atoms with Gasteiger partial charge in [0.15, 0.2) is 12.1 Å². The minimum absolute atomic E-state index is 0.253. The highest BCUT2D eigenvalue weighted by molar-refractivity contribution is 7.49. The maximum Gasteiger partial charge on any atom is 0.553 e. The van der Waals surface area contributed by atoms with E-state index in [4.69, 9.17) is 0 Å². The van der Waals surface area contributed by atoms with Crippen LogP contribution in [0.4, 0.5) is 0 Å². The van der Waals surface area contributed by atoms with Crippen molar-refractivity contribution >= 4 is 42.9 Å². The number of benzene rings is 3. The Morgan fingerprint density at radius 3 is 1.87 bits per heavy atom. The molecule has 3 aromatic carbocycles. The van der Waals surface area contributed by atoms with Gasteiger partial charge in [-0.05, 0) is 37.8 Å². The van der Waals surface area contributed by atoms with Crippen LogP contribution in [0.2, 0.25) is 0 Å². The number of rotatable bonds is 3. The second kappa shape index (κ2) is 5.32. The minimum Gasteiger partial charge on any atom is -0.312 e. The largest absolute Gasteiger partial charge is 0.553 e. The lowest BCUT2D eigenvalue weighted by Gasteiger charge is -2.56. The molecule has 5 aliphatic rings. The molecule has 0 amide bonds. The third-order valence-electron chi connectivity index (χ3n) is 7.17. The maximum atomic E-state index is 12.9. The van der Waals surface area contributed by atoms with Gasteiger partial charge in [0.05, 0.1) is 0 Å². The quantitative estimate of drug-likeness (QED) is 0.296. The Hall–Kier alpha value is -1.97. The summed E-state index contributed by atoms with van der Waals surface area (Å²) < 4.78 is 23.9. The van der Waals surface area contributed by atoms with Crippen LogP contribution in [0.15, 0.2) is 53.5 Å². The van der Waals surface area contributed by atoms with Gasteiger partial charge in [-0.15, -0.1) is 5.20 Å². The fourth-order valence-electron chi connectivity index (χ4n) is 6.35. The summed E-state index contributed by atoms with van der Waals surface area (Å²) in [5.41, 5.74) is 1.77. The maximum absolute atomic E-state index is 12.9. The van der Waals surface area contributed by atoms with Crippen LogP contribution in [-0.2, 0) is 9.13 Å². The van der Waals surface area contributed by atoms with Crippen molar-refractivity contribution in [2.24, 2.45) is 4.99 Å². The van der Waals surface area contributed by atoms with E-state index in [1.165, 1.54) is 0 Å². The summed E-state index contributed by atoms with van der Waals surface area (Å²) in [7, 11) is -9.81. The second-order valence-electron chi connectivity index (χ2n) is 8.46. The van der Waals surface area contributed by atoms with E-state index < -0.39 is 31.9 Å². The van der Waals surface area contributed by atoms with E-state index in [9.17, 15) is 28.7 Å². The molecule has 31 heavy (non-hydrogen) atoms. The van der Waals surface area contributed by atoms with Crippen LogP contribution in [0.3, 0.4) is 0 Å². The summed E-state index contributed by atoms with van der Waals surface area (Å²) in [6.07, 6.45) is 0. The van der Waals surface area contributed by atoms with Crippen molar-refractivity contribution in [1.82, 2.24) is 10.3 Å². The van der Waals surface area contributed by atoms with Gasteiger partial charge in [-0.2, -0.15) is 4.57 Å². The third-order valence-corrected chi connectivity index (χ3v) is 9.10. The van der Waals surface area contributed by atoms with Gasteiger partial charge in [-0.3, -0.25) is 9.79 Å². The van der Waals surface area contributed by atoms with Crippen molar-refractivity contribution in [3.05, 3.63) is 59.7 Å². The zero-order chi connectivity index (χ0) is 21.5. The highest BCUT2D eigenvalue weighted by atomic mass is 31.2. The standard InChI is InChI=1S/C19H16N4O6P2/c24-30(25,26)21-22-17-14-11-7-3-1-5-9(11)13(10-6-2-4-8-12(10)14)15-16-18(17)23(22,19(15)20-16)31(27,28)29/h1-8,15-18H,(H4-,21,24,25,26,27,28,29)/p+1. The van der Waals surface area contributed by atoms with E-state index in [0.717, 1.165) is 37.8 Å². The average molecular weight is 459 g/mol. The van der Waals surface area contributed by atoms with Crippen LogP contribution in [0.25, 0.3) is 21.5 Å². The lowest BCUT2D eigenvalue weighted by atomic mass is 9.73. The molecule has 0 spiro atoms. The molecule has 5 unspecified atom stereocenters. The first-order valence-corrected chi connectivity index (χ1v) is 12.9. The molecule has 3 aliphatic heterocycles. The van der Waals surface area contributed by atoms with E-state index >= 15 is 0 Å². The van der Waals surface area contributed by atoms with Crippen LogP contribution in [-0.4, -0.2) is 47.0 Å². The van der Waals surface area contributed by atoms with E-state index in [0.29, 0.717) is 0 Å². The number of hydrogen-bond acceptors (Lipinski definition) is 4. The van der Waals surface area contributed by atoms with Gasteiger partial charge < -0.3 is 9.79 Å². The first-order valence-electron chi connectivity index (χ1n) is 9.75. The van der Waals surface area contributed by atoms with Gasteiger partial charge in [0.25, 0.3) is 0 Å².